The minimum absolute atomic E-state index is 0.0977. The number of aryl methyl sites for hydroxylation is 1. The van der Waals surface area contributed by atoms with Crippen molar-refractivity contribution in [2.45, 2.75) is 34.2 Å². The number of hydrogen-bond acceptors (Lipinski definition) is 7. The maximum absolute atomic E-state index is 12.8. The monoisotopic (exact) mass is 509 g/mol. The van der Waals surface area contributed by atoms with Crippen LogP contribution in [0.15, 0.2) is 23.1 Å². The van der Waals surface area contributed by atoms with Crippen molar-refractivity contribution < 1.29 is 18.0 Å². The van der Waals surface area contributed by atoms with E-state index in [-0.39, 0.29) is 18.0 Å². The summed E-state index contributed by atoms with van der Waals surface area (Å²) in [5.41, 5.74) is 3.63. The molecule has 2 saturated heterocycles. The van der Waals surface area contributed by atoms with E-state index in [9.17, 15) is 18.0 Å². The fourth-order valence-corrected chi connectivity index (χ4v) is 5.89. The molecule has 1 aromatic carbocycles. The molecule has 0 aromatic heterocycles. The van der Waals surface area contributed by atoms with Crippen LogP contribution in [0.3, 0.4) is 0 Å². The van der Waals surface area contributed by atoms with Crippen molar-refractivity contribution in [2.75, 3.05) is 37.4 Å². The third-order valence-corrected chi connectivity index (χ3v) is 8.78. The molecule has 4 N–H and O–H groups in total. The zero-order valence-corrected chi connectivity index (χ0v) is 20.0. The Hall–Kier alpha value is -1.08. The molecule has 0 radical (unpaired) electrons. The van der Waals surface area contributed by atoms with Crippen molar-refractivity contribution in [1.29, 1.82) is 0 Å². The second-order valence-electron chi connectivity index (χ2n) is 7.31. The summed E-state index contributed by atoms with van der Waals surface area (Å²) in [6.45, 7) is 2.87. The van der Waals surface area contributed by atoms with Crippen LogP contribution in [0.4, 0.5) is 5.69 Å². The fraction of sp³-hybridized carbons (Fsp3) is 0.556. The lowest BCUT2D eigenvalue weighted by atomic mass is 10.2. The number of anilines is 1. The van der Waals surface area contributed by atoms with Gasteiger partial charge in [0.25, 0.3) is 5.91 Å². The summed E-state index contributed by atoms with van der Waals surface area (Å²) in [5.74, 6) is -0.104. The predicted molar refractivity (Wildman–Crippen MR) is 123 cm³/mol. The molecule has 2 aliphatic heterocycles. The number of nitrogens with one attached hydrogen (secondary N) is 4. The molecule has 2 heterocycles. The molecule has 2 fully saturated rings. The Morgan fingerprint density at radius 1 is 1.32 bits per heavy atom. The molecule has 13 heteroatoms. The van der Waals surface area contributed by atoms with Crippen molar-refractivity contribution in [3.8, 4) is 0 Å². The normalized spacial score (nSPS) is 24.4. The van der Waals surface area contributed by atoms with E-state index in [1.807, 2.05) is 0 Å². The van der Waals surface area contributed by atoms with Gasteiger partial charge < -0.3 is 10.6 Å². The first-order valence-corrected chi connectivity index (χ1v) is 13.1. The minimum atomic E-state index is -3.73. The summed E-state index contributed by atoms with van der Waals surface area (Å²) < 4.78 is 28.1. The Balaban J connectivity index is 1.60. The molecule has 2 aliphatic rings. The van der Waals surface area contributed by atoms with Crippen molar-refractivity contribution in [3.63, 3.8) is 0 Å². The lowest BCUT2D eigenvalue weighted by Crippen LogP contribution is -2.58. The number of amides is 2. The number of alkyl halides is 2. The highest BCUT2D eigenvalue weighted by atomic mass is 35.5. The highest BCUT2D eigenvalue weighted by Gasteiger charge is 2.34. The maximum atomic E-state index is 12.8. The van der Waals surface area contributed by atoms with Gasteiger partial charge in [-0.2, -0.15) is 0 Å². The average Bonchev–Trinajstić information content (AvgIpc) is 3.23. The number of rotatable bonds is 8. The summed E-state index contributed by atoms with van der Waals surface area (Å²) in [5, 5.41) is 5.87. The van der Waals surface area contributed by atoms with Crippen LogP contribution >= 0.6 is 35.0 Å². The predicted octanol–water partition coefficient (Wildman–Crippen LogP) is 0.826. The van der Waals surface area contributed by atoms with Gasteiger partial charge in [0.1, 0.15) is 11.9 Å². The third kappa shape index (κ3) is 6.47. The first-order valence-electron chi connectivity index (χ1n) is 9.73. The zero-order valence-electron chi connectivity index (χ0n) is 16.9. The molecule has 31 heavy (non-hydrogen) atoms. The number of nitrogens with zero attached hydrogens (tertiary/aromatic N) is 1. The second-order valence-corrected chi connectivity index (χ2v) is 11.4. The standard InChI is InChI=1S/C18H25Cl2N5O4S2/c1-11-2-3-12(24-16(26)9-25-18(27)17(20)14(19)8-22-25)6-15(11)31(28,29)23-5-4-13-7-21-10-30-13/h2-3,6,13-14,17,21-23H,4-5,7-10H2,1H3,(H,24,26). The van der Waals surface area contributed by atoms with E-state index >= 15 is 0 Å². The molecule has 2 amide bonds. The van der Waals surface area contributed by atoms with Crippen LogP contribution in [0.1, 0.15) is 12.0 Å². The Morgan fingerprint density at radius 2 is 2.10 bits per heavy atom. The third-order valence-electron chi connectivity index (χ3n) is 4.91. The minimum Gasteiger partial charge on any atom is -0.324 e. The Labute approximate surface area is 196 Å². The van der Waals surface area contributed by atoms with Crippen molar-refractivity contribution in [2.24, 2.45) is 0 Å². The highest BCUT2D eigenvalue weighted by molar-refractivity contribution is 8.00. The van der Waals surface area contributed by atoms with Gasteiger partial charge in [0, 0.05) is 36.4 Å². The van der Waals surface area contributed by atoms with Gasteiger partial charge in [-0.1, -0.05) is 6.07 Å². The highest BCUT2D eigenvalue weighted by Crippen LogP contribution is 2.22. The molecule has 3 rings (SSSR count). The molecule has 3 unspecified atom stereocenters. The van der Waals surface area contributed by atoms with Gasteiger partial charge in [0.05, 0.1) is 10.3 Å². The van der Waals surface area contributed by atoms with Crippen LogP contribution in [0.5, 0.6) is 0 Å². The van der Waals surface area contributed by atoms with Gasteiger partial charge in [-0.25, -0.2) is 18.6 Å². The van der Waals surface area contributed by atoms with Crippen molar-refractivity contribution >= 4 is 62.5 Å². The Morgan fingerprint density at radius 3 is 2.81 bits per heavy atom. The molecule has 0 spiro atoms. The SMILES string of the molecule is Cc1ccc(NC(=O)CN2NCC(Cl)C(Cl)C2=O)cc1S(=O)(=O)NCCC1CNCS1. The van der Waals surface area contributed by atoms with Gasteiger partial charge in [-0.05, 0) is 31.0 Å². The lowest BCUT2D eigenvalue weighted by Gasteiger charge is -2.32. The van der Waals surface area contributed by atoms with Crippen molar-refractivity contribution in [3.05, 3.63) is 23.8 Å². The molecule has 9 nitrogen and oxygen atoms in total. The van der Waals surface area contributed by atoms with Crippen LogP contribution in [0, 0.1) is 6.92 Å². The van der Waals surface area contributed by atoms with E-state index in [2.05, 4.69) is 20.8 Å². The van der Waals surface area contributed by atoms with Gasteiger partial charge in [-0.3, -0.25) is 14.6 Å². The Bertz CT molecular complexity index is 928. The molecule has 0 aliphatic carbocycles. The van der Waals surface area contributed by atoms with Gasteiger partial charge in [0.2, 0.25) is 15.9 Å². The summed E-state index contributed by atoms with van der Waals surface area (Å²) in [7, 11) is -3.73. The first-order chi connectivity index (χ1) is 14.7. The molecular formula is C18H25Cl2N5O4S2. The molecule has 3 atom stereocenters. The zero-order chi connectivity index (χ0) is 22.6. The van der Waals surface area contributed by atoms with Gasteiger partial charge in [0.15, 0.2) is 0 Å². The van der Waals surface area contributed by atoms with Crippen LogP contribution in [0.2, 0.25) is 0 Å². The van der Waals surface area contributed by atoms with E-state index in [0.717, 1.165) is 23.9 Å². The van der Waals surface area contributed by atoms with E-state index in [1.165, 1.54) is 6.07 Å². The molecule has 0 saturated carbocycles. The van der Waals surface area contributed by atoms with E-state index in [0.29, 0.717) is 23.0 Å². The number of sulfonamides is 1. The maximum Gasteiger partial charge on any atom is 0.256 e. The Kier molecular flexibility index (Phi) is 8.47. The summed E-state index contributed by atoms with van der Waals surface area (Å²) >= 11 is 13.7. The number of carbonyl (C=O) groups is 2. The van der Waals surface area contributed by atoms with Crippen molar-refractivity contribution in [1.82, 2.24) is 20.5 Å². The quantitative estimate of drug-likeness (QED) is 0.383. The topological polar surface area (TPSA) is 120 Å². The number of benzene rings is 1. The number of thioether (sulfide) groups is 1. The van der Waals surface area contributed by atoms with Gasteiger partial charge >= 0.3 is 0 Å². The molecule has 0 bridgehead atoms. The average molecular weight is 510 g/mol. The van der Waals surface area contributed by atoms with E-state index in [4.69, 9.17) is 23.2 Å². The number of hydrogen-bond donors (Lipinski definition) is 4. The smallest absolute Gasteiger partial charge is 0.256 e. The van der Waals surface area contributed by atoms with E-state index in [1.54, 1.807) is 30.8 Å². The van der Waals surface area contributed by atoms with Crippen LogP contribution in [-0.4, -0.2) is 73.3 Å². The van der Waals surface area contributed by atoms with E-state index < -0.39 is 32.6 Å². The van der Waals surface area contributed by atoms with Crippen LogP contribution in [-0.2, 0) is 19.6 Å². The summed E-state index contributed by atoms with van der Waals surface area (Å²) in [6, 6.07) is 4.64. The van der Waals surface area contributed by atoms with Crippen LogP contribution in [0.25, 0.3) is 0 Å². The molecule has 172 valence electrons. The lowest BCUT2D eigenvalue weighted by molar-refractivity contribution is -0.139. The number of carbonyl (C=O) groups excluding carboxylic acids is 2. The number of halogens is 2. The summed E-state index contributed by atoms with van der Waals surface area (Å²) in [4.78, 5) is 24.6. The molecule has 1 aromatic rings. The second kappa shape index (κ2) is 10.7. The van der Waals surface area contributed by atoms with Gasteiger partial charge in [-0.15, -0.1) is 35.0 Å². The largest absolute Gasteiger partial charge is 0.324 e. The first kappa shape index (κ1) is 24.6. The van der Waals surface area contributed by atoms with Crippen LogP contribution < -0.4 is 20.8 Å². The summed E-state index contributed by atoms with van der Waals surface area (Å²) in [6.07, 6.45) is 0.730. The molecular weight excluding hydrogens is 485 g/mol. The number of hydrazine groups is 1. The fourth-order valence-electron chi connectivity index (χ4n) is 3.20.